The number of nitrogens with zero attached hydrogens (tertiary/aromatic N) is 5. The van der Waals surface area contributed by atoms with Crippen LogP contribution in [0.1, 0.15) is 32.9 Å². The van der Waals surface area contributed by atoms with Crippen molar-refractivity contribution in [1.29, 1.82) is 5.26 Å². The second-order valence-corrected chi connectivity index (χ2v) is 9.51. The summed E-state index contributed by atoms with van der Waals surface area (Å²) >= 11 is 12.7. The molecule has 0 fully saturated rings. The van der Waals surface area contributed by atoms with E-state index in [9.17, 15) is 4.79 Å². The molecule has 5 rings (SSSR count). The summed E-state index contributed by atoms with van der Waals surface area (Å²) in [5.74, 6) is 0.673. The average molecular weight is 538 g/mol. The van der Waals surface area contributed by atoms with E-state index in [1.165, 1.54) is 0 Å². The highest BCUT2D eigenvalue weighted by atomic mass is 35.5. The number of hydrogen-bond acceptors (Lipinski definition) is 5. The van der Waals surface area contributed by atoms with E-state index in [0.717, 1.165) is 22.8 Å². The molecule has 4 aromatic carbocycles. The highest BCUT2D eigenvalue weighted by Gasteiger charge is 2.17. The lowest BCUT2D eigenvalue weighted by molar-refractivity contribution is 0.103. The molecule has 0 saturated heterocycles. The van der Waals surface area contributed by atoms with Crippen LogP contribution < -0.4 is 4.90 Å². The number of benzene rings is 4. The molecular weight excluding hydrogens is 517 g/mol. The fourth-order valence-corrected chi connectivity index (χ4v) is 4.65. The summed E-state index contributed by atoms with van der Waals surface area (Å²) < 4.78 is 1.95. The van der Waals surface area contributed by atoms with Crippen LogP contribution in [-0.2, 0) is 13.1 Å². The Balaban J connectivity index is 1.46. The van der Waals surface area contributed by atoms with Crippen molar-refractivity contribution in [2.45, 2.75) is 13.1 Å². The molecular formula is C30H21Cl2N5O. The highest BCUT2D eigenvalue weighted by Crippen LogP contribution is 2.32. The number of rotatable bonds is 8. The normalized spacial score (nSPS) is 10.7. The van der Waals surface area contributed by atoms with Gasteiger partial charge in [0, 0.05) is 32.5 Å². The standard InChI is InChI=1S/C30H21Cl2N5O/c31-25-14-26(32)16-28(15-25)37(27-12-10-24(11-13-27)30(38)23-4-2-1-3-5-23)19-29-35-34-20-36(29)18-22-8-6-21(17-33)7-9-22/h1-16,20H,18-19H2. The summed E-state index contributed by atoms with van der Waals surface area (Å²) in [5, 5.41) is 18.6. The number of hydrogen-bond donors (Lipinski definition) is 0. The van der Waals surface area contributed by atoms with E-state index >= 15 is 0 Å². The first-order chi connectivity index (χ1) is 18.5. The molecule has 0 saturated carbocycles. The molecule has 1 heterocycles. The monoisotopic (exact) mass is 537 g/mol. The quantitative estimate of drug-likeness (QED) is 0.198. The van der Waals surface area contributed by atoms with Gasteiger partial charge < -0.3 is 9.47 Å². The van der Waals surface area contributed by atoms with Gasteiger partial charge in [-0.15, -0.1) is 10.2 Å². The van der Waals surface area contributed by atoms with Crippen molar-refractivity contribution < 1.29 is 4.79 Å². The summed E-state index contributed by atoms with van der Waals surface area (Å²) in [6, 6.07) is 31.5. The van der Waals surface area contributed by atoms with Crippen molar-refractivity contribution in [3.63, 3.8) is 0 Å². The minimum absolute atomic E-state index is 0.0448. The molecule has 0 unspecified atom stereocenters. The first-order valence-electron chi connectivity index (χ1n) is 11.8. The molecule has 0 bridgehead atoms. The Bertz CT molecular complexity index is 1590. The third kappa shape index (κ3) is 5.76. The second kappa shape index (κ2) is 11.3. The van der Waals surface area contributed by atoms with Crippen LogP contribution in [0.15, 0.2) is 103 Å². The molecule has 6 nitrogen and oxygen atoms in total. The maximum Gasteiger partial charge on any atom is 0.193 e. The molecule has 0 N–H and O–H groups in total. The van der Waals surface area contributed by atoms with E-state index in [2.05, 4.69) is 16.3 Å². The van der Waals surface area contributed by atoms with Gasteiger partial charge in [-0.1, -0.05) is 65.7 Å². The molecule has 8 heteroatoms. The van der Waals surface area contributed by atoms with Gasteiger partial charge in [0.2, 0.25) is 0 Å². The predicted molar refractivity (Wildman–Crippen MR) is 149 cm³/mol. The van der Waals surface area contributed by atoms with Crippen LogP contribution in [0.25, 0.3) is 0 Å². The third-order valence-corrected chi connectivity index (χ3v) is 6.50. The zero-order valence-electron chi connectivity index (χ0n) is 20.1. The van der Waals surface area contributed by atoms with Gasteiger partial charge in [-0.25, -0.2) is 0 Å². The van der Waals surface area contributed by atoms with Crippen LogP contribution in [0.4, 0.5) is 11.4 Å². The van der Waals surface area contributed by atoms with E-state index in [1.807, 2.05) is 76.2 Å². The SMILES string of the molecule is N#Cc1ccc(Cn2cnnc2CN(c2ccc(C(=O)c3ccccc3)cc2)c2cc(Cl)cc(Cl)c2)cc1. The molecule has 0 aliphatic carbocycles. The van der Waals surface area contributed by atoms with Crippen molar-refractivity contribution >= 4 is 40.4 Å². The van der Waals surface area contributed by atoms with Crippen molar-refractivity contribution in [3.05, 3.63) is 142 Å². The lowest BCUT2D eigenvalue weighted by Crippen LogP contribution is -2.20. The van der Waals surface area contributed by atoms with E-state index in [4.69, 9.17) is 28.5 Å². The maximum atomic E-state index is 12.9. The Labute approximate surface area is 230 Å². The highest BCUT2D eigenvalue weighted by molar-refractivity contribution is 6.35. The summed E-state index contributed by atoms with van der Waals surface area (Å²) in [6.07, 6.45) is 1.68. The van der Waals surface area contributed by atoms with Gasteiger partial charge >= 0.3 is 0 Å². The molecule has 0 amide bonds. The largest absolute Gasteiger partial charge is 0.334 e. The van der Waals surface area contributed by atoms with E-state index in [1.54, 1.807) is 36.7 Å². The number of carbonyl (C=O) groups excluding carboxylic acids is 1. The van der Waals surface area contributed by atoms with Crippen molar-refractivity contribution in [1.82, 2.24) is 14.8 Å². The minimum atomic E-state index is -0.0448. The number of halogens is 2. The van der Waals surface area contributed by atoms with Crippen LogP contribution in [0.2, 0.25) is 10.0 Å². The van der Waals surface area contributed by atoms with Gasteiger partial charge in [0.05, 0.1) is 24.7 Å². The third-order valence-electron chi connectivity index (χ3n) is 6.07. The maximum absolute atomic E-state index is 12.9. The Morgan fingerprint density at radius 3 is 2.16 bits per heavy atom. The number of ketones is 1. The lowest BCUT2D eigenvalue weighted by Gasteiger charge is -2.25. The number of aromatic nitrogens is 3. The molecule has 1 aromatic heterocycles. The van der Waals surface area contributed by atoms with E-state index in [0.29, 0.717) is 39.8 Å². The Morgan fingerprint density at radius 2 is 1.50 bits per heavy atom. The summed E-state index contributed by atoms with van der Waals surface area (Å²) in [4.78, 5) is 14.9. The summed E-state index contributed by atoms with van der Waals surface area (Å²) in [7, 11) is 0. The van der Waals surface area contributed by atoms with Crippen molar-refractivity contribution in [2.24, 2.45) is 0 Å². The van der Waals surface area contributed by atoms with Gasteiger partial charge in [0.25, 0.3) is 0 Å². The molecule has 0 atom stereocenters. The molecule has 5 aromatic rings. The van der Waals surface area contributed by atoms with Crippen molar-refractivity contribution in [2.75, 3.05) is 4.90 Å². The fraction of sp³-hybridized carbons (Fsp3) is 0.0667. The summed E-state index contributed by atoms with van der Waals surface area (Å²) in [5.41, 5.74) is 4.46. The zero-order chi connectivity index (χ0) is 26.5. The topological polar surface area (TPSA) is 74.8 Å². The van der Waals surface area contributed by atoms with Crippen LogP contribution in [0.5, 0.6) is 0 Å². The predicted octanol–water partition coefficient (Wildman–Crippen LogP) is 7.07. The van der Waals surface area contributed by atoms with Crippen LogP contribution in [0.3, 0.4) is 0 Å². The van der Waals surface area contributed by atoms with Crippen LogP contribution in [-0.4, -0.2) is 20.5 Å². The van der Waals surface area contributed by atoms with Gasteiger partial charge in [-0.05, 0) is 60.2 Å². The average Bonchev–Trinajstić information content (AvgIpc) is 3.38. The van der Waals surface area contributed by atoms with Crippen LogP contribution in [0, 0.1) is 11.3 Å². The van der Waals surface area contributed by atoms with E-state index < -0.39 is 0 Å². The van der Waals surface area contributed by atoms with Crippen LogP contribution >= 0.6 is 23.2 Å². The van der Waals surface area contributed by atoms with E-state index in [-0.39, 0.29) is 5.78 Å². The van der Waals surface area contributed by atoms with Gasteiger partial charge in [-0.2, -0.15) is 5.26 Å². The summed E-state index contributed by atoms with van der Waals surface area (Å²) in [6.45, 7) is 0.918. The molecule has 0 spiro atoms. The Hall–Kier alpha value is -4.44. The molecule has 0 aliphatic rings. The second-order valence-electron chi connectivity index (χ2n) is 8.64. The lowest BCUT2D eigenvalue weighted by atomic mass is 10.0. The smallest absolute Gasteiger partial charge is 0.193 e. The molecule has 0 aliphatic heterocycles. The first kappa shape index (κ1) is 25.2. The number of anilines is 2. The molecule has 38 heavy (non-hydrogen) atoms. The van der Waals surface area contributed by atoms with Crippen molar-refractivity contribution in [3.8, 4) is 6.07 Å². The Kier molecular flexibility index (Phi) is 7.50. The minimum Gasteiger partial charge on any atom is -0.334 e. The fourth-order valence-electron chi connectivity index (χ4n) is 4.13. The molecule has 0 radical (unpaired) electrons. The van der Waals surface area contributed by atoms with Gasteiger partial charge in [0.1, 0.15) is 6.33 Å². The number of carbonyl (C=O) groups is 1. The first-order valence-corrected chi connectivity index (χ1v) is 12.5. The number of nitriles is 1. The van der Waals surface area contributed by atoms with Gasteiger partial charge in [0.15, 0.2) is 11.6 Å². The van der Waals surface area contributed by atoms with Gasteiger partial charge in [-0.3, -0.25) is 4.79 Å². The zero-order valence-corrected chi connectivity index (χ0v) is 21.6. The Morgan fingerprint density at radius 1 is 0.842 bits per heavy atom. The molecule has 186 valence electrons.